The minimum absolute atomic E-state index is 0.0345. The molecule has 1 aliphatic carbocycles. The normalized spacial score (nSPS) is 11.3. The van der Waals surface area contributed by atoms with Crippen molar-refractivity contribution in [3.63, 3.8) is 0 Å². The average Bonchev–Trinajstić information content (AvgIpc) is 2.89. The highest BCUT2D eigenvalue weighted by atomic mass is 35.5. The van der Waals surface area contributed by atoms with E-state index in [0.717, 1.165) is 0 Å². The number of rotatable bonds is 4. The first-order valence-electron chi connectivity index (χ1n) is 11.1. The molecule has 7 nitrogen and oxygen atoms in total. The summed E-state index contributed by atoms with van der Waals surface area (Å²) in [6.45, 7) is 1.64. The lowest BCUT2D eigenvalue weighted by Crippen LogP contribution is -2.08. The van der Waals surface area contributed by atoms with Crippen LogP contribution in [-0.4, -0.2) is 27.3 Å². The lowest BCUT2D eigenvalue weighted by Gasteiger charge is -2.21. The summed E-state index contributed by atoms with van der Waals surface area (Å²) < 4.78 is 5.97. The predicted molar refractivity (Wildman–Crippen MR) is 150 cm³/mol. The van der Waals surface area contributed by atoms with Gasteiger partial charge >= 0.3 is 11.9 Å². The molecule has 0 saturated heterocycles. The highest BCUT2D eigenvalue weighted by molar-refractivity contribution is 6.54. The van der Waals surface area contributed by atoms with Crippen molar-refractivity contribution in [3.05, 3.63) is 95.5 Å². The van der Waals surface area contributed by atoms with Gasteiger partial charge in [0.05, 0.1) is 31.2 Å². The largest absolute Gasteiger partial charge is 0.508 e. The molecular weight excluding hydrogens is 590 g/mol. The highest BCUT2D eigenvalue weighted by Gasteiger charge is 2.30. The fourth-order valence-corrected chi connectivity index (χ4v) is 5.44. The number of aromatic hydroxyl groups is 1. The Morgan fingerprint density at radius 1 is 0.769 bits per heavy atom. The fourth-order valence-electron chi connectivity index (χ4n) is 4.42. The Morgan fingerprint density at radius 3 is 2.03 bits per heavy atom. The zero-order chi connectivity index (χ0) is 28.3. The maximum Gasteiger partial charge on any atom is 0.337 e. The Balaban J connectivity index is 1.99. The quantitative estimate of drug-likeness (QED) is 0.107. The minimum Gasteiger partial charge on any atom is -0.508 e. The molecule has 0 radical (unpaired) electrons. The summed E-state index contributed by atoms with van der Waals surface area (Å²) in [4.78, 5) is 36.9. The number of carboxylic acid groups (broad SMARTS) is 2. The second-order valence-corrected chi connectivity index (χ2v) is 10.2. The number of carbonyl (C=O) groups is 2. The summed E-state index contributed by atoms with van der Waals surface area (Å²) in [7, 11) is 0. The Morgan fingerprint density at radius 2 is 1.41 bits per heavy atom. The third-order valence-electron chi connectivity index (χ3n) is 6.31. The number of halogens is 4. The van der Waals surface area contributed by atoms with Crippen LogP contribution in [0.2, 0.25) is 20.1 Å². The van der Waals surface area contributed by atoms with E-state index in [1.54, 1.807) is 13.0 Å². The molecule has 3 aromatic rings. The van der Waals surface area contributed by atoms with Gasteiger partial charge in [-0.25, -0.2) is 9.59 Å². The lowest BCUT2D eigenvalue weighted by atomic mass is 9.88. The van der Waals surface area contributed by atoms with Crippen LogP contribution in [0.5, 0.6) is 5.75 Å². The van der Waals surface area contributed by atoms with Crippen LogP contribution in [0.4, 0.5) is 0 Å². The summed E-state index contributed by atoms with van der Waals surface area (Å²) in [5.41, 5.74) is 0.778. The van der Waals surface area contributed by atoms with Crippen molar-refractivity contribution in [1.82, 2.24) is 0 Å². The van der Waals surface area contributed by atoms with Gasteiger partial charge in [0.25, 0.3) is 0 Å². The number of hydrogen-bond acceptors (Lipinski definition) is 5. The summed E-state index contributed by atoms with van der Waals surface area (Å²) in [5.74, 6) is -2.59. The van der Waals surface area contributed by atoms with Crippen molar-refractivity contribution < 1.29 is 29.3 Å². The van der Waals surface area contributed by atoms with E-state index in [9.17, 15) is 29.7 Å². The van der Waals surface area contributed by atoms with E-state index in [2.05, 4.69) is 0 Å². The molecule has 0 spiro atoms. The first kappa shape index (κ1) is 26.8. The SMILES string of the molecule is Cc1cc2c(-c3c(Cl)c(Cl)c(Cl)c(Cl)c3C(=O)O)c3cc(-c4ccc(C(=O)O)cc4)c(=O)cc-3oc2cc1O. The molecule has 39 heavy (non-hydrogen) atoms. The maximum atomic E-state index is 13.1. The van der Waals surface area contributed by atoms with Crippen LogP contribution < -0.4 is 5.43 Å². The van der Waals surface area contributed by atoms with Gasteiger partial charge in [0, 0.05) is 39.8 Å². The van der Waals surface area contributed by atoms with Gasteiger partial charge in [0.15, 0.2) is 5.43 Å². The van der Waals surface area contributed by atoms with Crippen LogP contribution in [0.25, 0.3) is 44.5 Å². The van der Waals surface area contributed by atoms with E-state index >= 15 is 0 Å². The third-order valence-corrected chi connectivity index (χ3v) is 8.11. The molecule has 0 aromatic heterocycles. The molecule has 2 aliphatic rings. The molecule has 11 heteroatoms. The van der Waals surface area contributed by atoms with Gasteiger partial charge in [0.1, 0.15) is 17.1 Å². The minimum atomic E-state index is -1.43. The summed E-state index contributed by atoms with van der Waals surface area (Å²) in [6.07, 6.45) is 0. The highest BCUT2D eigenvalue weighted by Crippen LogP contribution is 2.51. The molecular formula is C28H14Cl4O7. The van der Waals surface area contributed by atoms with Crippen LogP contribution in [0.3, 0.4) is 0 Å². The molecule has 0 amide bonds. The van der Waals surface area contributed by atoms with Crippen molar-refractivity contribution in [1.29, 1.82) is 0 Å². The van der Waals surface area contributed by atoms with Gasteiger partial charge < -0.3 is 19.7 Å². The molecule has 3 N–H and O–H groups in total. The number of aryl methyl sites for hydroxylation is 1. The van der Waals surface area contributed by atoms with Crippen LogP contribution >= 0.6 is 46.4 Å². The first-order valence-corrected chi connectivity index (χ1v) is 12.6. The molecule has 5 rings (SSSR count). The van der Waals surface area contributed by atoms with Crippen molar-refractivity contribution in [2.75, 3.05) is 0 Å². The van der Waals surface area contributed by atoms with E-state index < -0.39 is 22.9 Å². The first-order chi connectivity index (χ1) is 18.4. The maximum absolute atomic E-state index is 13.1. The van der Waals surface area contributed by atoms with Gasteiger partial charge in [-0.3, -0.25) is 4.79 Å². The van der Waals surface area contributed by atoms with Crippen molar-refractivity contribution in [2.45, 2.75) is 6.92 Å². The summed E-state index contributed by atoms with van der Waals surface area (Å²) in [5, 5.41) is 29.1. The Bertz CT molecular complexity index is 1890. The topological polar surface area (TPSA) is 125 Å². The molecule has 0 unspecified atom stereocenters. The number of phenolic OH excluding ortho intramolecular Hbond substituents is 1. The van der Waals surface area contributed by atoms with E-state index in [4.69, 9.17) is 50.8 Å². The number of fused-ring (bicyclic) bond motifs is 2. The Hall–Kier alpha value is -3.75. The van der Waals surface area contributed by atoms with Crippen LogP contribution in [0, 0.1) is 6.92 Å². The molecule has 0 fully saturated rings. The van der Waals surface area contributed by atoms with Gasteiger partial charge in [-0.15, -0.1) is 0 Å². The van der Waals surface area contributed by atoms with Gasteiger partial charge in [-0.1, -0.05) is 58.5 Å². The second-order valence-electron chi connectivity index (χ2n) is 8.65. The van der Waals surface area contributed by atoms with E-state index in [0.29, 0.717) is 16.5 Å². The molecule has 3 aromatic carbocycles. The zero-order valence-corrected chi connectivity index (χ0v) is 22.6. The third kappa shape index (κ3) is 4.37. The van der Waals surface area contributed by atoms with Crippen molar-refractivity contribution in [3.8, 4) is 39.3 Å². The second kappa shape index (κ2) is 9.77. The number of carboxylic acids is 2. The molecule has 196 valence electrons. The average molecular weight is 604 g/mol. The zero-order valence-electron chi connectivity index (χ0n) is 19.6. The van der Waals surface area contributed by atoms with Gasteiger partial charge in [-0.05, 0) is 42.3 Å². The number of benzene rings is 4. The number of hydrogen-bond donors (Lipinski definition) is 3. The van der Waals surface area contributed by atoms with E-state index in [-0.39, 0.29) is 65.0 Å². The monoisotopic (exact) mass is 602 g/mol. The molecule has 0 atom stereocenters. The fraction of sp³-hybridized carbons (Fsp3) is 0.0357. The lowest BCUT2D eigenvalue weighted by molar-refractivity contribution is 0.0686. The van der Waals surface area contributed by atoms with Crippen molar-refractivity contribution >= 4 is 69.3 Å². The van der Waals surface area contributed by atoms with E-state index in [1.165, 1.54) is 42.5 Å². The van der Waals surface area contributed by atoms with Crippen LogP contribution in [0.15, 0.2) is 57.7 Å². The number of aromatic carboxylic acids is 2. The van der Waals surface area contributed by atoms with Crippen LogP contribution in [-0.2, 0) is 0 Å². The van der Waals surface area contributed by atoms with Gasteiger partial charge in [-0.2, -0.15) is 0 Å². The Kier molecular flexibility index (Phi) is 6.73. The molecule has 1 aliphatic heterocycles. The molecule has 1 heterocycles. The predicted octanol–water partition coefficient (Wildman–Crippen LogP) is 8.26. The van der Waals surface area contributed by atoms with E-state index in [1.807, 2.05) is 0 Å². The number of phenols is 1. The molecule has 0 saturated carbocycles. The summed E-state index contributed by atoms with van der Waals surface area (Å²) in [6, 6.07) is 11.3. The van der Waals surface area contributed by atoms with Gasteiger partial charge in [0.2, 0.25) is 0 Å². The van der Waals surface area contributed by atoms with Crippen LogP contribution in [0.1, 0.15) is 26.3 Å². The van der Waals surface area contributed by atoms with Crippen molar-refractivity contribution in [2.24, 2.45) is 0 Å². The summed E-state index contributed by atoms with van der Waals surface area (Å²) >= 11 is 25.5. The Labute approximate surface area is 239 Å². The molecule has 0 bridgehead atoms. The smallest absolute Gasteiger partial charge is 0.337 e. The standard InChI is InChI=1S/C28H14Cl4O7/c1-10-6-14-18(8-16(10)33)39-19-9-17(34)13(11-2-4-12(5-3-11)27(35)36)7-15(19)20(14)21-22(28(37)38)24(30)26(32)25(31)23(21)29/h2-9,33H,1H3,(H,35,36)(H,37,38).